The quantitative estimate of drug-likeness (QED) is 0.412. The molecule has 12 heteroatoms. The van der Waals surface area contributed by atoms with Crippen LogP contribution >= 0.6 is 11.6 Å². The summed E-state index contributed by atoms with van der Waals surface area (Å²) in [5.74, 6) is -0.462. The third-order valence-corrected chi connectivity index (χ3v) is 9.99. The Hall–Kier alpha value is -2.57. The normalized spacial score (nSPS) is 22.6. The Balaban J connectivity index is 1.33. The van der Waals surface area contributed by atoms with Crippen LogP contribution in [0.3, 0.4) is 0 Å². The fraction of sp³-hybridized carbons (Fsp3) is 0.481. The zero-order valence-corrected chi connectivity index (χ0v) is 23.4. The van der Waals surface area contributed by atoms with Crippen molar-refractivity contribution < 1.29 is 22.3 Å². The third-order valence-electron chi connectivity index (χ3n) is 7.67. The van der Waals surface area contributed by atoms with Gasteiger partial charge >= 0.3 is 0 Å². The van der Waals surface area contributed by atoms with Gasteiger partial charge in [-0.05, 0) is 49.6 Å². The van der Waals surface area contributed by atoms with Crippen molar-refractivity contribution in [3.8, 4) is 0 Å². The lowest BCUT2D eigenvalue weighted by atomic mass is 9.94. The van der Waals surface area contributed by atoms with Gasteiger partial charge < -0.3 is 19.9 Å². The van der Waals surface area contributed by atoms with Crippen molar-refractivity contribution in [1.29, 1.82) is 0 Å². The van der Waals surface area contributed by atoms with Gasteiger partial charge in [0.1, 0.15) is 16.5 Å². The molecule has 3 aromatic rings. The number of nitrogens with two attached hydrogens (primary N) is 1. The lowest BCUT2D eigenvalue weighted by Gasteiger charge is -2.35. The summed E-state index contributed by atoms with van der Waals surface area (Å²) in [6.07, 6.45) is 2.56. The lowest BCUT2D eigenvalue weighted by Crippen LogP contribution is -2.47. The Morgan fingerprint density at radius 1 is 1.21 bits per heavy atom. The molecule has 2 aromatic carbocycles. The Morgan fingerprint density at radius 2 is 2.00 bits per heavy atom. The van der Waals surface area contributed by atoms with Gasteiger partial charge in [-0.1, -0.05) is 23.7 Å². The second kappa shape index (κ2) is 11.5. The van der Waals surface area contributed by atoms with E-state index >= 15 is 0 Å². The van der Waals surface area contributed by atoms with Gasteiger partial charge in [0.05, 0.1) is 22.0 Å². The average Bonchev–Trinajstić information content (AvgIpc) is 3.49. The SMILES string of the molecule is COCCCn1c(C2CCCN(C(=O)[C@@H]3CN(S(=O)(=O)c4ccc(F)cc4Cl)C[C@H]3N)C2)nc2ccccc21. The van der Waals surface area contributed by atoms with Gasteiger partial charge in [-0.3, -0.25) is 4.79 Å². The molecule has 3 heterocycles. The second-order valence-corrected chi connectivity index (χ2v) is 12.6. The van der Waals surface area contributed by atoms with Crippen LogP contribution in [0.5, 0.6) is 0 Å². The first-order chi connectivity index (χ1) is 18.7. The largest absolute Gasteiger partial charge is 0.385 e. The third kappa shape index (κ3) is 5.55. The van der Waals surface area contributed by atoms with Gasteiger partial charge in [0.2, 0.25) is 15.9 Å². The number of ether oxygens (including phenoxy) is 1. The maximum Gasteiger partial charge on any atom is 0.244 e. The number of likely N-dealkylation sites (tertiary alicyclic amines) is 1. The molecule has 1 amide bonds. The number of rotatable bonds is 8. The van der Waals surface area contributed by atoms with Crippen molar-refractivity contribution in [1.82, 2.24) is 18.8 Å². The summed E-state index contributed by atoms with van der Waals surface area (Å²) in [5, 5.41) is -0.203. The van der Waals surface area contributed by atoms with E-state index in [2.05, 4.69) is 10.6 Å². The second-order valence-electron chi connectivity index (χ2n) is 10.2. The number of nitrogens with zero attached hydrogens (tertiary/aromatic N) is 4. The molecule has 0 spiro atoms. The van der Waals surface area contributed by atoms with Gasteiger partial charge in [0.15, 0.2) is 0 Å². The van der Waals surface area contributed by atoms with E-state index in [4.69, 9.17) is 27.1 Å². The monoisotopic (exact) mass is 577 g/mol. The zero-order chi connectivity index (χ0) is 27.7. The van der Waals surface area contributed by atoms with E-state index in [-0.39, 0.29) is 34.8 Å². The van der Waals surface area contributed by atoms with Crippen LogP contribution in [0.4, 0.5) is 4.39 Å². The van der Waals surface area contributed by atoms with E-state index in [0.717, 1.165) is 60.9 Å². The number of amides is 1. The van der Waals surface area contributed by atoms with Crippen molar-refractivity contribution in [2.24, 2.45) is 11.7 Å². The fourth-order valence-electron chi connectivity index (χ4n) is 5.70. The Kier molecular flexibility index (Phi) is 8.25. The maximum atomic E-state index is 13.7. The van der Waals surface area contributed by atoms with Gasteiger partial charge in [0.25, 0.3) is 0 Å². The molecule has 5 rings (SSSR count). The average molecular weight is 578 g/mol. The lowest BCUT2D eigenvalue weighted by molar-refractivity contribution is -0.136. The van der Waals surface area contributed by atoms with E-state index in [1.54, 1.807) is 12.0 Å². The number of piperidine rings is 1. The summed E-state index contributed by atoms with van der Waals surface area (Å²) in [6.45, 7) is 2.42. The van der Waals surface area contributed by atoms with Crippen molar-refractivity contribution >= 4 is 38.6 Å². The zero-order valence-electron chi connectivity index (χ0n) is 21.8. The van der Waals surface area contributed by atoms with E-state index in [0.29, 0.717) is 19.7 Å². The molecule has 0 radical (unpaired) electrons. The molecule has 1 aromatic heterocycles. The summed E-state index contributed by atoms with van der Waals surface area (Å²) in [6, 6.07) is 10.5. The molecule has 0 aliphatic carbocycles. The minimum absolute atomic E-state index is 0.0149. The van der Waals surface area contributed by atoms with Gasteiger partial charge in [-0.25, -0.2) is 17.8 Å². The molecule has 2 saturated heterocycles. The number of methoxy groups -OCH3 is 1. The fourth-order valence-corrected chi connectivity index (χ4v) is 7.71. The van der Waals surface area contributed by atoms with Gasteiger partial charge in [-0.2, -0.15) is 4.31 Å². The molecular formula is C27H33ClFN5O4S. The maximum absolute atomic E-state index is 13.7. The van der Waals surface area contributed by atoms with Crippen molar-refractivity contribution in [2.45, 2.75) is 42.7 Å². The smallest absolute Gasteiger partial charge is 0.244 e. The number of halogens is 2. The number of fused-ring (bicyclic) bond motifs is 1. The van der Waals surface area contributed by atoms with Crippen LogP contribution in [0.15, 0.2) is 47.4 Å². The molecule has 210 valence electrons. The summed E-state index contributed by atoms with van der Waals surface area (Å²) in [4.78, 5) is 20.2. The van der Waals surface area contributed by atoms with Crippen LogP contribution in [0.1, 0.15) is 31.0 Å². The summed E-state index contributed by atoms with van der Waals surface area (Å²) in [7, 11) is -2.35. The molecule has 39 heavy (non-hydrogen) atoms. The highest BCUT2D eigenvalue weighted by molar-refractivity contribution is 7.89. The number of sulfonamides is 1. The van der Waals surface area contributed by atoms with Gasteiger partial charge in [0, 0.05) is 58.4 Å². The van der Waals surface area contributed by atoms with Crippen LogP contribution in [0.25, 0.3) is 11.0 Å². The van der Waals surface area contributed by atoms with Crippen LogP contribution in [0.2, 0.25) is 5.02 Å². The van der Waals surface area contributed by atoms with E-state index < -0.39 is 27.8 Å². The Labute approximate surface area is 232 Å². The topological polar surface area (TPSA) is 111 Å². The summed E-state index contributed by atoms with van der Waals surface area (Å²) < 4.78 is 48.6. The minimum atomic E-state index is -4.04. The van der Waals surface area contributed by atoms with Crippen molar-refractivity contribution in [3.63, 3.8) is 0 Å². The van der Waals surface area contributed by atoms with Crippen LogP contribution < -0.4 is 5.73 Å². The Bertz CT molecular complexity index is 1470. The molecule has 3 atom stereocenters. The van der Waals surface area contributed by atoms with Crippen molar-refractivity contribution in [2.75, 3.05) is 39.9 Å². The van der Waals surface area contributed by atoms with Crippen LogP contribution in [-0.2, 0) is 26.1 Å². The number of hydrogen-bond donors (Lipinski definition) is 1. The molecule has 1 unspecified atom stereocenters. The highest BCUT2D eigenvalue weighted by atomic mass is 35.5. The molecule has 2 N–H and O–H groups in total. The number of benzene rings is 2. The molecule has 0 bridgehead atoms. The molecule has 2 aliphatic heterocycles. The number of para-hydroxylation sites is 2. The van der Waals surface area contributed by atoms with Crippen LogP contribution in [-0.4, -0.2) is 79.0 Å². The molecular weight excluding hydrogens is 545 g/mol. The predicted molar refractivity (Wildman–Crippen MR) is 146 cm³/mol. The molecule has 9 nitrogen and oxygen atoms in total. The number of carbonyl (C=O) groups excluding carboxylic acids is 1. The molecule has 0 saturated carbocycles. The van der Waals surface area contributed by atoms with E-state index in [1.165, 1.54) is 4.31 Å². The first-order valence-electron chi connectivity index (χ1n) is 13.1. The number of hydrogen-bond acceptors (Lipinski definition) is 6. The van der Waals surface area contributed by atoms with E-state index in [9.17, 15) is 17.6 Å². The van der Waals surface area contributed by atoms with Crippen LogP contribution in [0, 0.1) is 11.7 Å². The highest BCUT2D eigenvalue weighted by Crippen LogP contribution is 2.33. The van der Waals surface area contributed by atoms with Crippen molar-refractivity contribution in [3.05, 3.63) is 59.1 Å². The number of aromatic nitrogens is 2. The summed E-state index contributed by atoms with van der Waals surface area (Å²) in [5.41, 5.74) is 8.31. The minimum Gasteiger partial charge on any atom is -0.385 e. The Morgan fingerprint density at radius 3 is 2.77 bits per heavy atom. The number of carbonyl (C=O) groups is 1. The number of imidazole rings is 1. The summed E-state index contributed by atoms with van der Waals surface area (Å²) >= 11 is 6.04. The predicted octanol–water partition coefficient (Wildman–Crippen LogP) is 3.22. The van der Waals surface area contributed by atoms with E-state index in [1.807, 2.05) is 18.2 Å². The highest BCUT2D eigenvalue weighted by Gasteiger charge is 2.44. The van der Waals surface area contributed by atoms with Gasteiger partial charge in [-0.15, -0.1) is 0 Å². The molecule has 2 aliphatic rings. The first-order valence-corrected chi connectivity index (χ1v) is 15.0. The standard InChI is InChI=1S/C27H33ClFN5O4S/c1-38-13-5-12-34-24-8-3-2-7-23(24)31-26(34)18-6-4-11-32(15-18)27(35)20-16-33(17-22(20)30)39(36,37)25-10-9-19(29)14-21(25)28/h2-3,7-10,14,18,20,22H,4-6,11-13,15-17,30H2,1H3/t18?,20-,22-/m1/s1. The first kappa shape index (κ1) is 28.0. The molecule has 2 fully saturated rings. The number of aryl methyl sites for hydroxylation is 1.